The van der Waals surface area contributed by atoms with Gasteiger partial charge in [0, 0.05) is 36.8 Å². The number of nitrogens with two attached hydrogens (primary N) is 1. The first-order chi connectivity index (χ1) is 16.1. The molecule has 0 aromatic carbocycles. The van der Waals surface area contributed by atoms with Crippen LogP contribution in [0.1, 0.15) is 31.7 Å². The molecular weight excluding hydrogens is 451 g/mol. The predicted octanol–water partition coefficient (Wildman–Crippen LogP) is 2.98. The molecule has 6 heterocycles. The van der Waals surface area contributed by atoms with E-state index in [0.717, 1.165) is 25.6 Å². The van der Waals surface area contributed by atoms with Crippen LogP contribution >= 0.6 is 0 Å². The molecular formula is C22H24F3N7O2. The van der Waals surface area contributed by atoms with E-state index in [4.69, 9.17) is 25.2 Å². The first kappa shape index (κ1) is 21.5. The highest BCUT2D eigenvalue weighted by atomic mass is 19.4. The summed E-state index contributed by atoms with van der Waals surface area (Å²) in [4.78, 5) is 20.2. The summed E-state index contributed by atoms with van der Waals surface area (Å²) >= 11 is 0. The molecule has 3 aromatic rings. The van der Waals surface area contributed by atoms with Crippen LogP contribution in [-0.4, -0.2) is 57.4 Å². The Labute approximate surface area is 193 Å². The maximum atomic E-state index is 13.5. The first-order valence-electron chi connectivity index (χ1n) is 11.1. The number of aromatic nitrogens is 5. The van der Waals surface area contributed by atoms with E-state index in [-0.39, 0.29) is 16.8 Å². The number of pyridine rings is 1. The number of alkyl halides is 3. The number of rotatable bonds is 2. The Bertz CT molecular complexity index is 1300. The lowest BCUT2D eigenvalue weighted by Gasteiger charge is -2.37. The summed E-state index contributed by atoms with van der Waals surface area (Å²) in [5.74, 6) is 0.892. The Morgan fingerprint density at radius 2 is 1.91 bits per heavy atom. The smallest absolute Gasteiger partial charge is 0.383 e. The van der Waals surface area contributed by atoms with Gasteiger partial charge in [-0.05, 0) is 26.3 Å². The summed E-state index contributed by atoms with van der Waals surface area (Å²) in [7, 11) is 0. The highest BCUT2D eigenvalue weighted by molar-refractivity contribution is 5.87. The summed E-state index contributed by atoms with van der Waals surface area (Å²) in [5.41, 5.74) is 5.30. The van der Waals surface area contributed by atoms with Crippen molar-refractivity contribution in [1.82, 2.24) is 24.5 Å². The van der Waals surface area contributed by atoms with Gasteiger partial charge in [-0.3, -0.25) is 0 Å². The van der Waals surface area contributed by atoms with Crippen molar-refractivity contribution in [3.63, 3.8) is 0 Å². The first-order valence-corrected chi connectivity index (χ1v) is 11.1. The van der Waals surface area contributed by atoms with Gasteiger partial charge in [-0.1, -0.05) is 0 Å². The Morgan fingerprint density at radius 3 is 2.59 bits per heavy atom. The number of halogens is 3. The molecule has 12 heteroatoms. The van der Waals surface area contributed by atoms with Crippen molar-refractivity contribution in [2.45, 2.75) is 38.6 Å². The van der Waals surface area contributed by atoms with E-state index in [2.05, 4.69) is 14.9 Å². The van der Waals surface area contributed by atoms with Crippen LogP contribution in [0.5, 0.6) is 0 Å². The molecule has 3 aliphatic rings. The van der Waals surface area contributed by atoms with E-state index in [1.165, 1.54) is 6.20 Å². The average molecular weight is 475 g/mol. The lowest BCUT2D eigenvalue weighted by molar-refractivity contribution is -0.137. The number of nitrogens with zero attached hydrogens (tertiary/aromatic N) is 6. The SMILES string of the molecule is CC1(C)OCCn2c1nc1c(N3CCC4(COC4)C3)nc(-c3cnc(N)c(C(F)(F)F)c3)nc12. The molecule has 2 fully saturated rings. The summed E-state index contributed by atoms with van der Waals surface area (Å²) in [6, 6.07) is 0.957. The molecule has 0 amide bonds. The van der Waals surface area contributed by atoms with E-state index in [0.29, 0.717) is 49.2 Å². The summed E-state index contributed by atoms with van der Waals surface area (Å²) in [6.45, 7) is 7.79. The summed E-state index contributed by atoms with van der Waals surface area (Å²) in [5, 5.41) is 0. The quantitative estimate of drug-likeness (QED) is 0.603. The topological polar surface area (TPSA) is 104 Å². The largest absolute Gasteiger partial charge is 0.419 e. The highest BCUT2D eigenvalue weighted by Gasteiger charge is 2.46. The zero-order chi connectivity index (χ0) is 23.9. The zero-order valence-corrected chi connectivity index (χ0v) is 18.8. The average Bonchev–Trinajstić information content (AvgIpc) is 3.36. The van der Waals surface area contributed by atoms with E-state index >= 15 is 0 Å². The lowest BCUT2D eigenvalue weighted by Crippen LogP contribution is -2.44. The highest BCUT2D eigenvalue weighted by Crippen LogP contribution is 2.42. The van der Waals surface area contributed by atoms with Crippen molar-refractivity contribution >= 4 is 22.8 Å². The van der Waals surface area contributed by atoms with Crippen LogP contribution in [0.4, 0.5) is 24.8 Å². The van der Waals surface area contributed by atoms with Crippen molar-refractivity contribution in [1.29, 1.82) is 0 Å². The van der Waals surface area contributed by atoms with Crippen molar-refractivity contribution < 1.29 is 22.6 Å². The van der Waals surface area contributed by atoms with Gasteiger partial charge in [0.15, 0.2) is 22.8 Å². The van der Waals surface area contributed by atoms with Gasteiger partial charge in [0.2, 0.25) is 0 Å². The van der Waals surface area contributed by atoms with Gasteiger partial charge in [0.25, 0.3) is 0 Å². The van der Waals surface area contributed by atoms with Gasteiger partial charge >= 0.3 is 6.18 Å². The molecule has 2 N–H and O–H groups in total. The third kappa shape index (κ3) is 3.22. The van der Waals surface area contributed by atoms with Crippen LogP contribution in [0.3, 0.4) is 0 Å². The maximum Gasteiger partial charge on any atom is 0.419 e. The molecule has 3 aromatic heterocycles. The Kier molecular flexibility index (Phi) is 4.44. The Hall–Kier alpha value is -2.99. The van der Waals surface area contributed by atoms with E-state index in [9.17, 15) is 13.2 Å². The number of hydrogen-bond donors (Lipinski definition) is 1. The second-order valence-corrected chi connectivity index (χ2v) is 9.81. The molecule has 2 saturated heterocycles. The lowest BCUT2D eigenvalue weighted by atomic mass is 9.85. The third-order valence-electron chi connectivity index (χ3n) is 6.93. The molecule has 9 nitrogen and oxygen atoms in total. The fourth-order valence-corrected chi connectivity index (χ4v) is 5.03. The van der Waals surface area contributed by atoms with Crippen LogP contribution < -0.4 is 10.6 Å². The number of anilines is 2. The summed E-state index contributed by atoms with van der Waals surface area (Å²) < 4.78 is 53.9. The maximum absolute atomic E-state index is 13.5. The van der Waals surface area contributed by atoms with E-state index < -0.39 is 23.2 Å². The molecule has 0 radical (unpaired) electrons. The molecule has 6 rings (SSSR count). The van der Waals surface area contributed by atoms with E-state index in [1.54, 1.807) is 0 Å². The van der Waals surface area contributed by atoms with Crippen LogP contribution in [0.25, 0.3) is 22.6 Å². The Balaban J connectivity index is 1.55. The van der Waals surface area contributed by atoms with Gasteiger partial charge in [0.05, 0.1) is 25.4 Å². The molecule has 180 valence electrons. The fourth-order valence-electron chi connectivity index (χ4n) is 5.03. The molecule has 34 heavy (non-hydrogen) atoms. The number of nitrogen functional groups attached to an aromatic ring is 1. The monoisotopic (exact) mass is 475 g/mol. The van der Waals surface area contributed by atoms with Crippen LogP contribution in [0.2, 0.25) is 0 Å². The van der Waals surface area contributed by atoms with E-state index in [1.807, 2.05) is 18.4 Å². The molecule has 0 atom stereocenters. The third-order valence-corrected chi connectivity index (χ3v) is 6.93. The van der Waals surface area contributed by atoms with Crippen LogP contribution in [0, 0.1) is 5.41 Å². The van der Waals surface area contributed by atoms with Crippen molar-refractivity contribution in [3.8, 4) is 11.4 Å². The molecule has 3 aliphatic heterocycles. The molecule has 0 unspecified atom stereocenters. The fraction of sp³-hybridized carbons (Fsp3) is 0.545. The van der Waals surface area contributed by atoms with Crippen LogP contribution in [0.15, 0.2) is 12.3 Å². The van der Waals surface area contributed by atoms with Gasteiger partial charge in [-0.2, -0.15) is 13.2 Å². The molecule has 0 saturated carbocycles. The zero-order valence-electron chi connectivity index (χ0n) is 18.8. The van der Waals surface area contributed by atoms with Crippen molar-refractivity contribution in [2.24, 2.45) is 5.41 Å². The number of fused-ring (bicyclic) bond motifs is 3. The molecule has 0 bridgehead atoms. The minimum Gasteiger partial charge on any atom is -0.383 e. The molecule has 0 aliphatic carbocycles. The minimum absolute atomic E-state index is 0.0887. The van der Waals surface area contributed by atoms with Gasteiger partial charge in [0.1, 0.15) is 17.2 Å². The standard InChI is InChI=1S/C22H24F3N7O2/c1-20(2)19-28-14-17(31-4-3-21(9-31)10-33-11-21)29-16(30-18(14)32(19)5-6-34-20)12-7-13(22(23,24)25)15(26)27-8-12/h7-8H,3-6,9-11H2,1-2H3,(H2,26,27). The number of ether oxygens (including phenoxy) is 2. The normalized spacial score (nSPS) is 21.1. The summed E-state index contributed by atoms with van der Waals surface area (Å²) in [6.07, 6.45) is -2.40. The van der Waals surface area contributed by atoms with Crippen molar-refractivity contribution in [3.05, 3.63) is 23.7 Å². The second kappa shape index (κ2) is 7.01. The van der Waals surface area contributed by atoms with Gasteiger partial charge < -0.3 is 24.7 Å². The Morgan fingerprint density at radius 1 is 1.12 bits per heavy atom. The number of hydrogen-bond acceptors (Lipinski definition) is 8. The van der Waals surface area contributed by atoms with Crippen LogP contribution in [-0.2, 0) is 27.8 Å². The van der Waals surface area contributed by atoms with Gasteiger partial charge in [-0.25, -0.2) is 19.9 Å². The predicted molar refractivity (Wildman–Crippen MR) is 117 cm³/mol. The molecule has 1 spiro atoms. The number of imidazole rings is 1. The second-order valence-electron chi connectivity index (χ2n) is 9.81. The van der Waals surface area contributed by atoms with Crippen molar-refractivity contribution in [2.75, 3.05) is 43.5 Å². The van der Waals surface area contributed by atoms with Gasteiger partial charge in [-0.15, -0.1) is 0 Å². The minimum atomic E-state index is -4.64.